The van der Waals surface area contributed by atoms with E-state index in [1.165, 1.54) is 35.6 Å². The van der Waals surface area contributed by atoms with Gasteiger partial charge < -0.3 is 5.32 Å². The smallest absolute Gasteiger partial charge is 0.0346 e. The predicted molar refractivity (Wildman–Crippen MR) is 75.4 cm³/mol. The SMILES string of the molecule is CC1CCC(NCc2cncc3ccccc23)C1. The molecule has 3 rings (SSSR count). The first-order valence-electron chi connectivity index (χ1n) is 6.88. The van der Waals surface area contributed by atoms with E-state index in [2.05, 4.69) is 41.5 Å². The molecule has 2 aromatic rings. The normalized spacial score (nSPS) is 23.6. The summed E-state index contributed by atoms with van der Waals surface area (Å²) < 4.78 is 0. The Kier molecular flexibility index (Phi) is 3.28. The fourth-order valence-electron chi connectivity index (χ4n) is 2.97. The van der Waals surface area contributed by atoms with Gasteiger partial charge in [-0.05, 0) is 36.1 Å². The summed E-state index contributed by atoms with van der Waals surface area (Å²) in [6.07, 6.45) is 7.94. The average Bonchev–Trinajstić information content (AvgIpc) is 2.82. The molecule has 0 aliphatic heterocycles. The number of pyridine rings is 1. The number of hydrogen-bond donors (Lipinski definition) is 1. The van der Waals surface area contributed by atoms with Gasteiger partial charge in [0.2, 0.25) is 0 Å². The van der Waals surface area contributed by atoms with E-state index in [9.17, 15) is 0 Å². The molecule has 1 saturated carbocycles. The second-order valence-corrected chi connectivity index (χ2v) is 5.52. The van der Waals surface area contributed by atoms with Crippen molar-refractivity contribution in [3.8, 4) is 0 Å². The summed E-state index contributed by atoms with van der Waals surface area (Å²) in [7, 11) is 0. The van der Waals surface area contributed by atoms with Crippen LogP contribution in [0.5, 0.6) is 0 Å². The predicted octanol–water partition coefficient (Wildman–Crippen LogP) is 3.51. The van der Waals surface area contributed by atoms with Gasteiger partial charge in [-0.3, -0.25) is 4.98 Å². The molecule has 1 fully saturated rings. The summed E-state index contributed by atoms with van der Waals surface area (Å²) in [6, 6.07) is 9.18. The van der Waals surface area contributed by atoms with Crippen molar-refractivity contribution in [2.45, 2.75) is 38.8 Å². The lowest BCUT2D eigenvalue weighted by molar-refractivity contribution is 0.503. The molecular formula is C16H20N2. The minimum Gasteiger partial charge on any atom is -0.310 e. The van der Waals surface area contributed by atoms with Gasteiger partial charge in [0.1, 0.15) is 0 Å². The zero-order valence-corrected chi connectivity index (χ0v) is 10.9. The van der Waals surface area contributed by atoms with Crippen LogP contribution in [-0.4, -0.2) is 11.0 Å². The summed E-state index contributed by atoms with van der Waals surface area (Å²) in [6.45, 7) is 3.28. The highest BCUT2D eigenvalue weighted by Crippen LogP contribution is 2.25. The molecule has 2 unspecified atom stereocenters. The van der Waals surface area contributed by atoms with E-state index in [1.807, 2.05) is 12.4 Å². The van der Waals surface area contributed by atoms with Crippen molar-refractivity contribution in [2.75, 3.05) is 0 Å². The number of fused-ring (bicyclic) bond motifs is 1. The Morgan fingerprint density at radius 3 is 2.94 bits per heavy atom. The van der Waals surface area contributed by atoms with Crippen molar-refractivity contribution >= 4 is 10.8 Å². The number of rotatable bonds is 3. The van der Waals surface area contributed by atoms with E-state index in [4.69, 9.17) is 0 Å². The first-order chi connectivity index (χ1) is 8.83. The largest absolute Gasteiger partial charge is 0.310 e. The molecule has 0 bridgehead atoms. The van der Waals surface area contributed by atoms with E-state index in [1.54, 1.807) is 0 Å². The molecule has 18 heavy (non-hydrogen) atoms. The second kappa shape index (κ2) is 5.07. The van der Waals surface area contributed by atoms with Crippen LogP contribution >= 0.6 is 0 Å². The molecular weight excluding hydrogens is 220 g/mol. The summed E-state index contributed by atoms with van der Waals surface area (Å²) in [5.41, 5.74) is 1.31. The highest BCUT2D eigenvalue weighted by molar-refractivity contribution is 5.84. The van der Waals surface area contributed by atoms with E-state index in [0.717, 1.165) is 12.5 Å². The lowest BCUT2D eigenvalue weighted by Gasteiger charge is -2.13. The third-order valence-electron chi connectivity index (χ3n) is 4.03. The first-order valence-corrected chi connectivity index (χ1v) is 6.88. The van der Waals surface area contributed by atoms with E-state index >= 15 is 0 Å². The maximum atomic E-state index is 4.33. The molecule has 0 spiro atoms. The Labute approximate surface area is 108 Å². The van der Waals surface area contributed by atoms with Crippen LogP contribution in [0.1, 0.15) is 31.7 Å². The fraction of sp³-hybridized carbons (Fsp3) is 0.438. The number of aromatic nitrogens is 1. The van der Waals surface area contributed by atoms with Crippen LogP contribution in [0.15, 0.2) is 36.7 Å². The van der Waals surface area contributed by atoms with Gasteiger partial charge in [-0.15, -0.1) is 0 Å². The van der Waals surface area contributed by atoms with Gasteiger partial charge in [-0.2, -0.15) is 0 Å². The molecule has 1 aliphatic rings. The molecule has 0 amide bonds. The quantitative estimate of drug-likeness (QED) is 0.888. The summed E-state index contributed by atoms with van der Waals surface area (Å²) in [4.78, 5) is 4.33. The van der Waals surface area contributed by atoms with Gasteiger partial charge in [-0.1, -0.05) is 31.2 Å². The number of nitrogens with zero attached hydrogens (tertiary/aromatic N) is 1. The van der Waals surface area contributed by atoms with Crippen molar-refractivity contribution in [1.29, 1.82) is 0 Å². The monoisotopic (exact) mass is 240 g/mol. The zero-order valence-electron chi connectivity index (χ0n) is 10.9. The van der Waals surface area contributed by atoms with E-state index in [-0.39, 0.29) is 0 Å². The van der Waals surface area contributed by atoms with Crippen LogP contribution in [0.4, 0.5) is 0 Å². The van der Waals surface area contributed by atoms with Crippen molar-refractivity contribution in [2.24, 2.45) is 5.92 Å². The number of hydrogen-bond acceptors (Lipinski definition) is 2. The second-order valence-electron chi connectivity index (χ2n) is 5.52. The topological polar surface area (TPSA) is 24.9 Å². The number of nitrogens with one attached hydrogen (secondary N) is 1. The van der Waals surface area contributed by atoms with Crippen molar-refractivity contribution in [3.63, 3.8) is 0 Å². The Morgan fingerprint density at radius 1 is 1.22 bits per heavy atom. The van der Waals surface area contributed by atoms with Gasteiger partial charge in [0.15, 0.2) is 0 Å². The van der Waals surface area contributed by atoms with E-state index < -0.39 is 0 Å². The molecule has 2 nitrogen and oxygen atoms in total. The Morgan fingerprint density at radius 2 is 2.11 bits per heavy atom. The Bertz CT molecular complexity index is 530. The standard InChI is InChI=1S/C16H20N2/c1-12-6-7-15(8-12)18-11-14-10-17-9-13-4-2-3-5-16(13)14/h2-5,9-10,12,15,18H,6-8,11H2,1H3. The molecule has 0 radical (unpaired) electrons. The molecule has 1 aromatic carbocycles. The summed E-state index contributed by atoms with van der Waals surface area (Å²) >= 11 is 0. The minimum atomic E-state index is 0.693. The van der Waals surface area contributed by atoms with Gasteiger partial charge in [-0.25, -0.2) is 0 Å². The van der Waals surface area contributed by atoms with Crippen LogP contribution in [0.25, 0.3) is 10.8 Å². The van der Waals surface area contributed by atoms with E-state index in [0.29, 0.717) is 6.04 Å². The van der Waals surface area contributed by atoms with Crippen LogP contribution in [0.3, 0.4) is 0 Å². The summed E-state index contributed by atoms with van der Waals surface area (Å²) in [5.74, 6) is 0.883. The van der Waals surface area contributed by atoms with Crippen LogP contribution in [0, 0.1) is 5.92 Å². The van der Waals surface area contributed by atoms with Crippen LogP contribution < -0.4 is 5.32 Å². The molecule has 0 saturated heterocycles. The molecule has 1 heterocycles. The maximum Gasteiger partial charge on any atom is 0.0346 e. The molecule has 94 valence electrons. The fourth-order valence-corrected chi connectivity index (χ4v) is 2.97. The van der Waals surface area contributed by atoms with Crippen LogP contribution in [-0.2, 0) is 6.54 Å². The van der Waals surface area contributed by atoms with Crippen LogP contribution in [0.2, 0.25) is 0 Å². The first kappa shape index (κ1) is 11.7. The van der Waals surface area contributed by atoms with Crippen molar-refractivity contribution < 1.29 is 0 Å². The lowest BCUT2D eigenvalue weighted by atomic mass is 10.1. The lowest BCUT2D eigenvalue weighted by Crippen LogP contribution is -2.25. The minimum absolute atomic E-state index is 0.693. The molecule has 1 aromatic heterocycles. The van der Waals surface area contributed by atoms with Gasteiger partial charge in [0, 0.05) is 30.4 Å². The third kappa shape index (κ3) is 2.39. The Balaban J connectivity index is 1.74. The molecule has 1 aliphatic carbocycles. The van der Waals surface area contributed by atoms with Gasteiger partial charge in [0.25, 0.3) is 0 Å². The van der Waals surface area contributed by atoms with Crippen molar-refractivity contribution in [1.82, 2.24) is 10.3 Å². The Hall–Kier alpha value is -1.41. The molecule has 2 heteroatoms. The highest BCUT2D eigenvalue weighted by atomic mass is 14.9. The third-order valence-corrected chi connectivity index (χ3v) is 4.03. The summed E-state index contributed by atoms with van der Waals surface area (Å²) in [5, 5.41) is 6.24. The zero-order chi connectivity index (χ0) is 12.4. The van der Waals surface area contributed by atoms with Gasteiger partial charge >= 0.3 is 0 Å². The highest BCUT2D eigenvalue weighted by Gasteiger charge is 2.20. The molecule has 1 N–H and O–H groups in total. The van der Waals surface area contributed by atoms with Gasteiger partial charge in [0.05, 0.1) is 0 Å². The van der Waals surface area contributed by atoms with Crippen molar-refractivity contribution in [3.05, 3.63) is 42.2 Å². The number of benzene rings is 1. The average molecular weight is 240 g/mol. The molecule has 2 atom stereocenters. The maximum absolute atomic E-state index is 4.33.